The predicted octanol–water partition coefficient (Wildman–Crippen LogP) is 15.7. The van der Waals surface area contributed by atoms with Crippen molar-refractivity contribution in [2.45, 2.75) is 0 Å². The zero-order valence-corrected chi connectivity index (χ0v) is 30.8. The molecule has 0 N–H and O–H groups in total. The fourth-order valence-corrected chi connectivity index (χ4v) is 8.92. The number of rotatable bonds is 5. The van der Waals surface area contributed by atoms with Crippen molar-refractivity contribution < 1.29 is 8.83 Å². The molecule has 0 radical (unpaired) electrons. The third kappa shape index (κ3) is 4.99. The molecule has 12 rings (SSSR count). The lowest BCUT2D eigenvalue weighted by Crippen LogP contribution is -2.10. The van der Waals surface area contributed by atoms with Gasteiger partial charge in [-0.15, -0.1) is 0 Å². The highest BCUT2D eigenvalue weighted by Crippen LogP contribution is 2.47. The number of hydrogen-bond donors (Lipinski definition) is 0. The highest BCUT2D eigenvalue weighted by Gasteiger charge is 2.22. The fraction of sp³-hybridized carbons (Fsp3) is 0. The molecule has 57 heavy (non-hydrogen) atoms. The molecule has 0 bridgehead atoms. The van der Waals surface area contributed by atoms with Gasteiger partial charge in [-0.3, -0.25) is 0 Å². The quantitative estimate of drug-likeness (QED) is 0.177. The van der Waals surface area contributed by atoms with E-state index in [1.165, 1.54) is 21.5 Å². The maximum absolute atomic E-state index is 6.83. The zero-order chi connectivity index (χ0) is 37.5. The second-order valence-corrected chi connectivity index (χ2v) is 14.9. The summed E-state index contributed by atoms with van der Waals surface area (Å²) in [6.07, 6.45) is 0. The molecule has 266 valence electrons. The van der Waals surface area contributed by atoms with Gasteiger partial charge in [0.05, 0.1) is 5.69 Å². The molecule has 0 aliphatic heterocycles. The van der Waals surface area contributed by atoms with Crippen LogP contribution in [0.2, 0.25) is 0 Å². The fourth-order valence-electron chi connectivity index (χ4n) is 8.92. The van der Waals surface area contributed by atoms with Crippen molar-refractivity contribution in [2.24, 2.45) is 0 Å². The van der Waals surface area contributed by atoms with Crippen molar-refractivity contribution in [3.05, 3.63) is 200 Å². The molecule has 2 heterocycles. The first kappa shape index (κ1) is 31.7. The van der Waals surface area contributed by atoms with Crippen LogP contribution < -0.4 is 4.90 Å². The van der Waals surface area contributed by atoms with Gasteiger partial charge in [0.25, 0.3) is 0 Å². The molecular weight excluding hydrogens is 695 g/mol. The van der Waals surface area contributed by atoms with Crippen LogP contribution in [-0.4, -0.2) is 0 Å². The van der Waals surface area contributed by atoms with Gasteiger partial charge in [-0.1, -0.05) is 158 Å². The molecule has 0 atom stereocenters. The van der Waals surface area contributed by atoms with Crippen molar-refractivity contribution in [3.8, 4) is 22.3 Å². The molecule has 0 saturated heterocycles. The van der Waals surface area contributed by atoms with Crippen LogP contribution in [0, 0.1) is 0 Å². The predicted molar refractivity (Wildman–Crippen MR) is 239 cm³/mol. The molecule has 3 heteroatoms. The third-order valence-electron chi connectivity index (χ3n) is 11.6. The molecule has 0 fully saturated rings. The Labute approximate surface area is 328 Å². The first-order valence-electron chi connectivity index (χ1n) is 19.4. The molecule has 0 aliphatic carbocycles. The average molecular weight is 728 g/mol. The van der Waals surface area contributed by atoms with Gasteiger partial charge >= 0.3 is 0 Å². The van der Waals surface area contributed by atoms with Crippen molar-refractivity contribution in [1.29, 1.82) is 0 Å². The maximum Gasteiger partial charge on any atom is 0.143 e. The Morgan fingerprint density at radius 2 is 0.825 bits per heavy atom. The molecule has 0 saturated carbocycles. The van der Waals surface area contributed by atoms with Crippen LogP contribution in [0.25, 0.3) is 98.4 Å². The lowest BCUT2D eigenvalue weighted by atomic mass is 9.95. The Morgan fingerprint density at radius 3 is 1.54 bits per heavy atom. The summed E-state index contributed by atoms with van der Waals surface area (Å²) >= 11 is 0. The second-order valence-electron chi connectivity index (χ2n) is 14.9. The van der Waals surface area contributed by atoms with Gasteiger partial charge in [-0.25, -0.2) is 0 Å². The van der Waals surface area contributed by atoms with Gasteiger partial charge in [-0.05, 0) is 80.7 Å². The Kier molecular flexibility index (Phi) is 6.93. The van der Waals surface area contributed by atoms with Crippen LogP contribution in [0.1, 0.15) is 0 Å². The lowest BCUT2D eigenvalue weighted by molar-refractivity contribution is 0.670. The van der Waals surface area contributed by atoms with E-state index in [4.69, 9.17) is 8.83 Å². The summed E-state index contributed by atoms with van der Waals surface area (Å²) in [5.74, 6) is 0. The average Bonchev–Trinajstić information content (AvgIpc) is 3.85. The van der Waals surface area contributed by atoms with E-state index in [-0.39, 0.29) is 0 Å². The van der Waals surface area contributed by atoms with Crippen molar-refractivity contribution in [1.82, 2.24) is 0 Å². The smallest absolute Gasteiger partial charge is 0.143 e. The van der Waals surface area contributed by atoms with Crippen LogP contribution in [-0.2, 0) is 0 Å². The molecule has 2 aromatic heterocycles. The lowest BCUT2D eigenvalue weighted by Gasteiger charge is -2.28. The van der Waals surface area contributed by atoms with Gasteiger partial charge in [0, 0.05) is 49.3 Å². The van der Waals surface area contributed by atoms with Crippen LogP contribution in [0.15, 0.2) is 209 Å². The minimum absolute atomic E-state index is 0.865. The second kappa shape index (κ2) is 12.5. The highest BCUT2D eigenvalue weighted by atomic mass is 16.3. The number of nitrogens with zero attached hydrogens (tertiary/aromatic N) is 1. The van der Waals surface area contributed by atoms with E-state index in [2.05, 4.69) is 193 Å². The van der Waals surface area contributed by atoms with Crippen LogP contribution in [0.4, 0.5) is 17.1 Å². The highest BCUT2D eigenvalue weighted by molar-refractivity contribution is 6.23. The first-order valence-corrected chi connectivity index (χ1v) is 19.4. The summed E-state index contributed by atoms with van der Waals surface area (Å²) in [6, 6.07) is 71.6. The standard InChI is InChI=1S/C54H33NO2/c1-3-13-38-31-40(29-27-34(38)11-1)55(41-30-28-35-12-2-4-14-39(35)32-41)49-33-48-52-42(18-10-22-51(52)57-54(48)46-17-6-5-15-44(46)49)36-23-25-37(26-24-36)43-19-9-20-47-45-16-7-8-21-50(45)56-53(43)47/h1-33H. The van der Waals surface area contributed by atoms with Crippen LogP contribution in [0.5, 0.6) is 0 Å². The van der Waals surface area contributed by atoms with Gasteiger partial charge in [0.1, 0.15) is 22.3 Å². The van der Waals surface area contributed by atoms with Gasteiger partial charge in [0.2, 0.25) is 0 Å². The largest absolute Gasteiger partial charge is 0.455 e. The number of furan rings is 2. The van der Waals surface area contributed by atoms with Crippen molar-refractivity contribution in [3.63, 3.8) is 0 Å². The number of para-hydroxylation sites is 2. The number of hydrogen-bond acceptors (Lipinski definition) is 3. The van der Waals surface area contributed by atoms with E-state index in [9.17, 15) is 0 Å². The molecule has 12 aromatic rings. The maximum atomic E-state index is 6.83. The Morgan fingerprint density at radius 1 is 0.316 bits per heavy atom. The Hall–Kier alpha value is -7.62. The summed E-state index contributed by atoms with van der Waals surface area (Å²) in [4.78, 5) is 2.41. The summed E-state index contributed by atoms with van der Waals surface area (Å²) < 4.78 is 13.2. The Balaban J connectivity index is 1.07. The third-order valence-corrected chi connectivity index (χ3v) is 11.6. The molecule has 10 aromatic carbocycles. The summed E-state index contributed by atoms with van der Waals surface area (Å²) in [5.41, 5.74) is 11.3. The minimum atomic E-state index is 0.865. The minimum Gasteiger partial charge on any atom is -0.455 e. The molecular formula is C54H33NO2. The summed E-state index contributed by atoms with van der Waals surface area (Å²) in [5, 5.41) is 11.5. The first-order chi connectivity index (χ1) is 28.2. The van der Waals surface area contributed by atoms with Crippen LogP contribution >= 0.6 is 0 Å². The summed E-state index contributed by atoms with van der Waals surface area (Å²) in [7, 11) is 0. The number of anilines is 3. The molecule has 0 aliphatic rings. The van der Waals surface area contributed by atoms with Crippen molar-refractivity contribution >= 4 is 93.3 Å². The van der Waals surface area contributed by atoms with E-state index in [1.807, 2.05) is 12.1 Å². The number of benzene rings is 10. The zero-order valence-electron chi connectivity index (χ0n) is 30.8. The molecule has 0 spiro atoms. The SMILES string of the molecule is c1ccc2cc(N(c3ccc4ccccc4c3)c3cc4c(oc5cccc(-c6ccc(-c7cccc8c7oc7ccccc78)cc6)c54)c4ccccc34)ccc2c1. The van der Waals surface area contributed by atoms with E-state index in [1.54, 1.807) is 0 Å². The molecule has 0 unspecified atom stereocenters. The Bertz CT molecular complexity index is 3460. The monoisotopic (exact) mass is 727 g/mol. The summed E-state index contributed by atoms with van der Waals surface area (Å²) in [6.45, 7) is 0. The van der Waals surface area contributed by atoms with Gasteiger partial charge in [-0.2, -0.15) is 0 Å². The topological polar surface area (TPSA) is 29.5 Å². The van der Waals surface area contributed by atoms with E-state index >= 15 is 0 Å². The van der Waals surface area contributed by atoms with Crippen molar-refractivity contribution in [2.75, 3.05) is 4.90 Å². The molecule has 3 nitrogen and oxygen atoms in total. The van der Waals surface area contributed by atoms with Crippen LogP contribution in [0.3, 0.4) is 0 Å². The van der Waals surface area contributed by atoms with E-state index < -0.39 is 0 Å². The van der Waals surface area contributed by atoms with Gasteiger partial charge in [0.15, 0.2) is 0 Å². The van der Waals surface area contributed by atoms with Gasteiger partial charge < -0.3 is 13.7 Å². The van der Waals surface area contributed by atoms with E-state index in [0.29, 0.717) is 0 Å². The molecule has 0 amide bonds. The number of fused-ring (bicyclic) bond motifs is 10. The normalized spacial score (nSPS) is 11.9. The van der Waals surface area contributed by atoms with E-state index in [0.717, 1.165) is 94.0 Å².